The van der Waals surface area contributed by atoms with Gasteiger partial charge in [-0.1, -0.05) is 29.3 Å². The summed E-state index contributed by atoms with van der Waals surface area (Å²) < 4.78 is 0. The number of dihydropyridines is 1. The van der Waals surface area contributed by atoms with Crippen LogP contribution in [0.3, 0.4) is 0 Å². The Morgan fingerprint density at radius 1 is 1.29 bits per heavy atom. The highest BCUT2D eigenvalue weighted by Crippen LogP contribution is 2.38. The lowest BCUT2D eigenvalue weighted by Gasteiger charge is -2.19. The van der Waals surface area contributed by atoms with Gasteiger partial charge in [0.1, 0.15) is 11.9 Å². The molecule has 4 rings (SSSR count). The van der Waals surface area contributed by atoms with Crippen LogP contribution >= 0.6 is 23.2 Å². The fourth-order valence-electron chi connectivity index (χ4n) is 3.15. The molecule has 3 aliphatic heterocycles. The Bertz CT molecular complexity index is 892. The van der Waals surface area contributed by atoms with E-state index in [4.69, 9.17) is 33.9 Å². The molecule has 1 atom stereocenters. The van der Waals surface area contributed by atoms with Crippen LogP contribution in [0.5, 0.6) is 0 Å². The number of rotatable bonds is 2. The second kappa shape index (κ2) is 5.76. The number of nitrogens with two attached hydrogens (primary N) is 1. The summed E-state index contributed by atoms with van der Waals surface area (Å²) in [7, 11) is 0. The average molecular weight is 360 g/mol. The monoisotopic (exact) mass is 359 g/mol. The number of fused-ring (bicyclic) bond motifs is 1. The van der Waals surface area contributed by atoms with Crippen LogP contribution in [0.4, 0.5) is 0 Å². The average Bonchev–Trinajstić information content (AvgIpc) is 3.17. The molecular formula is C17H15Cl2N5. The Balaban J connectivity index is 1.82. The van der Waals surface area contributed by atoms with Crippen LogP contribution < -0.4 is 11.1 Å². The van der Waals surface area contributed by atoms with Crippen LogP contribution in [-0.2, 0) is 0 Å². The number of hydrogen-bond acceptors (Lipinski definition) is 5. The molecule has 3 aliphatic rings. The van der Waals surface area contributed by atoms with Gasteiger partial charge in [-0.25, -0.2) is 0 Å². The maximum absolute atomic E-state index is 6.38. The summed E-state index contributed by atoms with van der Waals surface area (Å²) in [6.07, 6.45) is 1.76. The largest absolute Gasteiger partial charge is 0.399 e. The lowest BCUT2D eigenvalue weighted by Crippen LogP contribution is -2.30. The van der Waals surface area contributed by atoms with Gasteiger partial charge < -0.3 is 11.1 Å². The lowest BCUT2D eigenvalue weighted by molar-refractivity contribution is 0.868. The molecule has 7 heteroatoms. The third kappa shape index (κ3) is 2.36. The van der Waals surface area contributed by atoms with Crippen molar-refractivity contribution in [3.63, 3.8) is 0 Å². The molecule has 0 fully saturated rings. The van der Waals surface area contributed by atoms with Crippen LogP contribution in [0, 0.1) is 0 Å². The number of amidine groups is 1. The Morgan fingerprint density at radius 2 is 2.12 bits per heavy atom. The molecule has 3 heterocycles. The van der Waals surface area contributed by atoms with Crippen LogP contribution in [0.1, 0.15) is 12.5 Å². The van der Waals surface area contributed by atoms with Crippen molar-refractivity contribution in [3.05, 3.63) is 50.8 Å². The van der Waals surface area contributed by atoms with Gasteiger partial charge in [0.05, 0.1) is 28.5 Å². The summed E-state index contributed by atoms with van der Waals surface area (Å²) in [4.78, 5) is 13.8. The molecular weight excluding hydrogens is 345 g/mol. The van der Waals surface area contributed by atoms with E-state index in [1.807, 2.05) is 19.1 Å². The molecule has 0 aliphatic carbocycles. The van der Waals surface area contributed by atoms with E-state index < -0.39 is 0 Å². The Morgan fingerprint density at radius 3 is 2.83 bits per heavy atom. The van der Waals surface area contributed by atoms with E-state index in [0.717, 1.165) is 47.0 Å². The molecule has 1 aromatic rings. The molecule has 0 saturated heterocycles. The molecule has 0 spiro atoms. The van der Waals surface area contributed by atoms with Crippen LogP contribution in [0.25, 0.3) is 5.57 Å². The van der Waals surface area contributed by atoms with Crippen LogP contribution in [0.2, 0.25) is 10.0 Å². The first-order chi connectivity index (χ1) is 11.6. The predicted molar refractivity (Wildman–Crippen MR) is 100 cm³/mol. The number of hydrogen-bond donors (Lipinski definition) is 2. The molecule has 0 bridgehead atoms. The highest BCUT2D eigenvalue weighted by atomic mass is 35.5. The molecule has 1 unspecified atom stereocenters. The minimum absolute atomic E-state index is 0.295. The first-order valence-electron chi connectivity index (χ1n) is 7.63. The van der Waals surface area contributed by atoms with Gasteiger partial charge in [0, 0.05) is 34.6 Å². The van der Waals surface area contributed by atoms with E-state index in [1.165, 1.54) is 0 Å². The second-order valence-electron chi connectivity index (χ2n) is 5.79. The molecule has 1 aromatic carbocycles. The molecule has 122 valence electrons. The molecule has 3 N–H and O–H groups in total. The molecule has 0 radical (unpaired) electrons. The van der Waals surface area contributed by atoms with Crippen molar-refractivity contribution in [1.29, 1.82) is 0 Å². The van der Waals surface area contributed by atoms with Crippen LogP contribution in [0.15, 0.2) is 50.1 Å². The zero-order valence-corrected chi connectivity index (χ0v) is 14.5. The molecule has 0 aromatic heterocycles. The van der Waals surface area contributed by atoms with Gasteiger partial charge in [0.2, 0.25) is 0 Å². The lowest BCUT2D eigenvalue weighted by atomic mass is 9.96. The fourth-order valence-corrected chi connectivity index (χ4v) is 3.65. The Hall–Kier alpha value is -2.11. The number of halogens is 2. The standard InChI is InChI=1S/C17H15Cl2N5/c1-8-13(10-3-2-9(18)6-12(10)19)15-16(24-8)14(20)11(7-23-15)17-21-4-5-22-17/h2-3,6-7,16H,4-5,20H2,1H3,(H,21,22). The van der Waals surface area contributed by atoms with Gasteiger partial charge in [0.25, 0.3) is 0 Å². The number of nitrogens with zero attached hydrogens (tertiary/aromatic N) is 3. The number of nitrogens with one attached hydrogen (secondary N) is 1. The van der Waals surface area contributed by atoms with Gasteiger partial charge in [-0.3, -0.25) is 15.0 Å². The predicted octanol–water partition coefficient (Wildman–Crippen LogP) is 2.85. The van der Waals surface area contributed by atoms with Crippen molar-refractivity contribution in [3.8, 4) is 0 Å². The molecule has 5 nitrogen and oxygen atoms in total. The SMILES string of the molecule is CC1=NC2C(N)=C(C3=NCCN3)C=NC2=C1c1ccc(Cl)cc1Cl. The molecule has 24 heavy (non-hydrogen) atoms. The smallest absolute Gasteiger partial charge is 0.133 e. The van der Waals surface area contributed by atoms with E-state index in [9.17, 15) is 0 Å². The van der Waals surface area contributed by atoms with Gasteiger partial charge in [-0.05, 0) is 19.1 Å². The van der Waals surface area contributed by atoms with Crippen molar-refractivity contribution in [2.45, 2.75) is 13.0 Å². The van der Waals surface area contributed by atoms with Crippen molar-refractivity contribution in [2.24, 2.45) is 20.7 Å². The van der Waals surface area contributed by atoms with Crippen molar-refractivity contribution in [1.82, 2.24) is 5.32 Å². The minimum atomic E-state index is -0.295. The quantitative estimate of drug-likeness (QED) is 0.851. The van der Waals surface area contributed by atoms with E-state index in [-0.39, 0.29) is 6.04 Å². The Kier molecular flexibility index (Phi) is 3.70. The van der Waals surface area contributed by atoms with Gasteiger partial charge >= 0.3 is 0 Å². The number of benzene rings is 1. The summed E-state index contributed by atoms with van der Waals surface area (Å²) in [5.74, 6) is 0.793. The fraction of sp³-hybridized carbons (Fsp3) is 0.235. The van der Waals surface area contributed by atoms with E-state index in [1.54, 1.807) is 12.3 Å². The van der Waals surface area contributed by atoms with Crippen molar-refractivity contribution >= 4 is 46.5 Å². The van der Waals surface area contributed by atoms with E-state index >= 15 is 0 Å². The maximum Gasteiger partial charge on any atom is 0.133 e. The van der Waals surface area contributed by atoms with E-state index in [0.29, 0.717) is 15.7 Å². The summed E-state index contributed by atoms with van der Waals surface area (Å²) >= 11 is 12.4. The number of allylic oxidation sites excluding steroid dienone is 1. The van der Waals surface area contributed by atoms with Crippen molar-refractivity contribution < 1.29 is 0 Å². The Labute approximate surface area is 149 Å². The van der Waals surface area contributed by atoms with Gasteiger partial charge in [-0.15, -0.1) is 0 Å². The van der Waals surface area contributed by atoms with Crippen molar-refractivity contribution in [2.75, 3.05) is 13.1 Å². The minimum Gasteiger partial charge on any atom is -0.399 e. The zero-order valence-electron chi connectivity index (χ0n) is 13.0. The van der Waals surface area contributed by atoms with Gasteiger partial charge in [0.15, 0.2) is 0 Å². The van der Waals surface area contributed by atoms with E-state index in [2.05, 4.69) is 15.3 Å². The summed E-state index contributed by atoms with van der Waals surface area (Å²) in [6.45, 7) is 3.52. The second-order valence-corrected chi connectivity index (χ2v) is 6.63. The normalized spacial score (nSPS) is 22.5. The first kappa shape index (κ1) is 15.4. The topological polar surface area (TPSA) is 75.1 Å². The highest BCUT2D eigenvalue weighted by Gasteiger charge is 2.34. The number of aliphatic imine (C=N–C) groups is 3. The summed E-state index contributed by atoms with van der Waals surface area (Å²) in [5, 5.41) is 4.40. The third-order valence-corrected chi connectivity index (χ3v) is 4.82. The maximum atomic E-state index is 6.38. The third-order valence-electron chi connectivity index (χ3n) is 4.27. The molecule has 0 saturated carbocycles. The van der Waals surface area contributed by atoms with Crippen LogP contribution in [-0.4, -0.2) is 36.9 Å². The summed E-state index contributed by atoms with van der Waals surface area (Å²) in [5.41, 5.74) is 11.3. The molecule has 0 amide bonds. The first-order valence-corrected chi connectivity index (χ1v) is 8.38. The highest BCUT2D eigenvalue weighted by molar-refractivity contribution is 6.38. The van der Waals surface area contributed by atoms with Gasteiger partial charge in [-0.2, -0.15) is 0 Å². The zero-order chi connectivity index (χ0) is 16.8. The summed E-state index contributed by atoms with van der Waals surface area (Å²) in [6, 6.07) is 5.13.